The quantitative estimate of drug-likeness (QED) is 0.800. The van der Waals surface area contributed by atoms with Crippen LogP contribution in [-0.4, -0.2) is 48.4 Å². The van der Waals surface area contributed by atoms with Gasteiger partial charge in [0.2, 0.25) is 11.8 Å². The number of piperazine rings is 1. The topological polar surface area (TPSA) is 62.7 Å². The Hall–Kier alpha value is -1.93. The van der Waals surface area contributed by atoms with Crippen molar-refractivity contribution in [1.82, 2.24) is 9.88 Å². The summed E-state index contributed by atoms with van der Waals surface area (Å²) in [5.41, 5.74) is 0.729. The van der Waals surface area contributed by atoms with Crippen LogP contribution in [0.3, 0.4) is 0 Å². The molecule has 2 aromatic rings. The zero-order valence-corrected chi connectivity index (χ0v) is 14.8. The minimum absolute atomic E-state index is 0.0684. The van der Waals surface area contributed by atoms with Crippen LogP contribution in [0.5, 0.6) is 5.88 Å². The summed E-state index contributed by atoms with van der Waals surface area (Å²) < 4.78 is 5.96. The molecule has 0 atom stereocenters. The first-order valence-corrected chi connectivity index (χ1v) is 8.59. The molecule has 1 saturated heterocycles. The van der Waals surface area contributed by atoms with Crippen LogP contribution in [-0.2, 0) is 4.79 Å². The number of hydrogen-bond acceptors (Lipinski definition) is 5. The van der Waals surface area contributed by atoms with E-state index in [2.05, 4.69) is 20.9 Å². The average Bonchev–Trinajstić information content (AvgIpc) is 3.00. The normalized spacial score (nSPS) is 15.0. The van der Waals surface area contributed by atoms with Gasteiger partial charge in [0.1, 0.15) is 6.54 Å². The Labute approximate surface area is 145 Å². The molecule has 8 heteroatoms. The van der Waals surface area contributed by atoms with Gasteiger partial charge in [0.25, 0.3) is 5.91 Å². The third kappa shape index (κ3) is 3.37. The van der Waals surface area contributed by atoms with E-state index in [9.17, 15) is 9.59 Å². The number of nitrogens with zero attached hydrogens (tertiary/aromatic N) is 3. The van der Waals surface area contributed by atoms with Gasteiger partial charge < -0.3 is 14.5 Å². The van der Waals surface area contributed by atoms with Crippen LogP contribution in [0.25, 0.3) is 0 Å². The van der Waals surface area contributed by atoms with Crippen LogP contribution in [0.2, 0.25) is 0 Å². The van der Waals surface area contributed by atoms with Crippen LogP contribution < -0.4 is 9.64 Å². The maximum Gasteiger partial charge on any atom is 0.264 e. The molecule has 23 heavy (non-hydrogen) atoms. The number of aromatic nitrogens is 1. The summed E-state index contributed by atoms with van der Waals surface area (Å²) >= 11 is 4.70. The number of pyridine rings is 1. The first-order valence-electron chi connectivity index (χ1n) is 6.92. The highest BCUT2D eigenvalue weighted by atomic mass is 79.9. The fourth-order valence-electron chi connectivity index (χ4n) is 2.38. The standard InChI is InChI=1S/C15H14BrN3O3S/c1-22-13-7-11(2-3-17-13)19-5-4-18(8-14(19)20)15(21)12-6-10(16)9-23-12/h2-3,6-7,9H,4-5,8H2,1H3. The zero-order valence-electron chi connectivity index (χ0n) is 12.4. The summed E-state index contributed by atoms with van der Waals surface area (Å²) in [5, 5.41) is 1.86. The maximum atomic E-state index is 12.4. The zero-order chi connectivity index (χ0) is 16.4. The predicted octanol–water partition coefficient (Wildman–Crippen LogP) is 2.40. The molecule has 0 N–H and O–H groups in total. The molecule has 3 rings (SSSR count). The number of carbonyl (C=O) groups excluding carboxylic acids is 2. The molecule has 1 fully saturated rings. The number of halogens is 1. The van der Waals surface area contributed by atoms with E-state index in [1.807, 2.05) is 5.38 Å². The van der Waals surface area contributed by atoms with E-state index in [-0.39, 0.29) is 18.4 Å². The lowest BCUT2D eigenvalue weighted by atomic mass is 10.2. The van der Waals surface area contributed by atoms with Gasteiger partial charge in [-0.15, -0.1) is 11.3 Å². The number of methoxy groups -OCH3 is 1. The Kier molecular flexibility index (Phi) is 4.63. The number of rotatable bonds is 3. The highest BCUT2D eigenvalue weighted by molar-refractivity contribution is 9.10. The molecule has 1 aliphatic heterocycles. The van der Waals surface area contributed by atoms with Crippen molar-refractivity contribution in [3.63, 3.8) is 0 Å². The maximum absolute atomic E-state index is 12.4. The Morgan fingerprint density at radius 2 is 2.22 bits per heavy atom. The Morgan fingerprint density at radius 3 is 2.87 bits per heavy atom. The molecular formula is C15H14BrN3O3S. The molecule has 0 saturated carbocycles. The van der Waals surface area contributed by atoms with Crippen molar-refractivity contribution in [2.75, 3.05) is 31.6 Å². The Balaban J connectivity index is 1.72. The van der Waals surface area contributed by atoms with E-state index in [0.717, 1.165) is 10.2 Å². The molecule has 1 aliphatic rings. The highest BCUT2D eigenvalue weighted by Crippen LogP contribution is 2.24. The second-order valence-electron chi connectivity index (χ2n) is 4.96. The second kappa shape index (κ2) is 6.67. The number of amides is 2. The lowest BCUT2D eigenvalue weighted by Gasteiger charge is -2.34. The third-order valence-corrected chi connectivity index (χ3v) is 5.20. The van der Waals surface area contributed by atoms with E-state index < -0.39 is 0 Å². The molecule has 0 bridgehead atoms. The van der Waals surface area contributed by atoms with Gasteiger partial charge in [-0.25, -0.2) is 4.98 Å². The molecule has 6 nitrogen and oxygen atoms in total. The van der Waals surface area contributed by atoms with Gasteiger partial charge in [0.15, 0.2) is 0 Å². The number of thiophene rings is 1. The Bertz CT molecular complexity index is 749. The van der Waals surface area contributed by atoms with Crippen LogP contribution in [0, 0.1) is 0 Å². The summed E-state index contributed by atoms with van der Waals surface area (Å²) in [6, 6.07) is 5.25. The molecule has 120 valence electrons. The fourth-order valence-corrected chi connectivity index (χ4v) is 3.77. The van der Waals surface area contributed by atoms with E-state index >= 15 is 0 Å². The van der Waals surface area contributed by atoms with Gasteiger partial charge in [0.05, 0.1) is 17.7 Å². The molecule has 0 spiro atoms. The van der Waals surface area contributed by atoms with Gasteiger partial charge in [-0.3, -0.25) is 9.59 Å². The molecule has 0 aliphatic carbocycles. The first-order chi connectivity index (χ1) is 11.1. The van der Waals surface area contributed by atoms with Crippen molar-refractivity contribution in [3.8, 4) is 5.88 Å². The van der Waals surface area contributed by atoms with Crippen molar-refractivity contribution in [2.24, 2.45) is 0 Å². The van der Waals surface area contributed by atoms with E-state index in [1.165, 1.54) is 18.4 Å². The summed E-state index contributed by atoms with van der Waals surface area (Å²) in [4.78, 5) is 32.7. The number of hydrogen-bond donors (Lipinski definition) is 0. The van der Waals surface area contributed by atoms with Crippen molar-refractivity contribution in [2.45, 2.75) is 0 Å². The van der Waals surface area contributed by atoms with Crippen molar-refractivity contribution >= 4 is 44.8 Å². The van der Waals surface area contributed by atoms with Crippen LogP contribution in [0.15, 0.2) is 34.2 Å². The van der Waals surface area contributed by atoms with E-state index in [4.69, 9.17) is 4.74 Å². The van der Waals surface area contributed by atoms with Crippen LogP contribution in [0.4, 0.5) is 5.69 Å². The van der Waals surface area contributed by atoms with Gasteiger partial charge in [0, 0.05) is 35.2 Å². The smallest absolute Gasteiger partial charge is 0.264 e. The highest BCUT2D eigenvalue weighted by Gasteiger charge is 2.29. The molecule has 3 heterocycles. The molecule has 2 amide bonds. The minimum atomic E-state index is -0.117. The fraction of sp³-hybridized carbons (Fsp3) is 0.267. The molecule has 0 unspecified atom stereocenters. The van der Waals surface area contributed by atoms with Gasteiger partial charge in [-0.1, -0.05) is 0 Å². The number of carbonyl (C=O) groups is 2. The monoisotopic (exact) mass is 395 g/mol. The Morgan fingerprint density at radius 1 is 1.39 bits per heavy atom. The lowest BCUT2D eigenvalue weighted by molar-refractivity contribution is -0.120. The summed E-state index contributed by atoms with van der Waals surface area (Å²) in [6.07, 6.45) is 1.60. The van der Waals surface area contributed by atoms with Gasteiger partial charge >= 0.3 is 0 Å². The van der Waals surface area contributed by atoms with Gasteiger partial charge in [-0.05, 0) is 28.1 Å². The third-order valence-electron chi connectivity index (χ3n) is 3.53. The van der Waals surface area contributed by atoms with Crippen molar-refractivity contribution < 1.29 is 14.3 Å². The van der Waals surface area contributed by atoms with Gasteiger partial charge in [-0.2, -0.15) is 0 Å². The second-order valence-corrected chi connectivity index (χ2v) is 6.78. The molecule has 0 aromatic carbocycles. The molecular weight excluding hydrogens is 382 g/mol. The largest absolute Gasteiger partial charge is 0.481 e. The first kappa shape index (κ1) is 15.9. The predicted molar refractivity (Wildman–Crippen MR) is 91.1 cm³/mol. The summed E-state index contributed by atoms with van der Waals surface area (Å²) in [7, 11) is 1.53. The average molecular weight is 396 g/mol. The van der Waals surface area contributed by atoms with E-state index in [1.54, 1.807) is 34.2 Å². The number of anilines is 1. The number of ether oxygens (including phenoxy) is 1. The lowest BCUT2D eigenvalue weighted by Crippen LogP contribution is -2.52. The molecule has 0 radical (unpaired) electrons. The SMILES string of the molecule is COc1cc(N2CCN(C(=O)c3cc(Br)cs3)CC2=O)ccn1. The summed E-state index contributed by atoms with van der Waals surface area (Å²) in [5.74, 6) is 0.228. The van der Waals surface area contributed by atoms with Crippen molar-refractivity contribution in [1.29, 1.82) is 0 Å². The summed E-state index contributed by atoms with van der Waals surface area (Å²) in [6.45, 7) is 1.01. The van der Waals surface area contributed by atoms with Crippen LogP contribution >= 0.6 is 27.3 Å². The van der Waals surface area contributed by atoms with E-state index in [0.29, 0.717) is 23.8 Å². The minimum Gasteiger partial charge on any atom is -0.481 e. The molecule has 2 aromatic heterocycles. The van der Waals surface area contributed by atoms with Crippen molar-refractivity contribution in [3.05, 3.63) is 39.1 Å². The van der Waals surface area contributed by atoms with Crippen LogP contribution in [0.1, 0.15) is 9.67 Å².